The van der Waals surface area contributed by atoms with Gasteiger partial charge in [-0.05, 0) is 56.2 Å². The topological polar surface area (TPSA) is 110 Å². The van der Waals surface area contributed by atoms with E-state index in [9.17, 15) is 14.7 Å². The van der Waals surface area contributed by atoms with Gasteiger partial charge in [0.15, 0.2) is 12.2 Å². The van der Waals surface area contributed by atoms with Crippen molar-refractivity contribution in [1.29, 1.82) is 0 Å². The van der Waals surface area contributed by atoms with Gasteiger partial charge in [-0.25, -0.2) is 4.39 Å². The van der Waals surface area contributed by atoms with Crippen molar-refractivity contribution in [3.05, 3.63) is 95.8 Å². The Balaban J connectivity index is 1.20. The van der Waals surface area contributed by atoms with Gasteiger partial charge in [-0.3, -0.25) is 19.2 Å². The van der Waals surface area contributed by atoms with Gasteiger partial charge >= 0.3 is 0 Å². The van der Waals surface area contributed by atoms with E-state index in [1.54, 1.807) is 34.5 Å². The standard InChI is InChI=1S/C36H38FN5O5/c1-23-33(35(2,3)37)31(15-17-40-21-25(16-18-43)38-39-40)47-36(23)27-11-4-5-12-28(27)41(34(36)45)20-24-9-8-10-26(19-24)42-29-13-6-7-14-30(29)46-22-32(42)44/h4-14,19,21,23,31,33,43H,15-18,20,22H2,1-3H3/t23-,31+,33-,36+/m0/s1. The molecule has 7 rings (SSSR count). The Morgan fingerprint density at radius 3 is 2.60 bits per heavy atom. The van der Waals surface area contributed by atoms with E-state index in [1.807, 2.05) is 79.7 Å². The lowest BCUT2D eigenvalue weighted by Gasteiger charge is -2.32. The zero-order valence-corrected chi connectivity index (χ0v) is 26.7. The Bertz CT molecular complexity index is 1820. The van der Waals surface area contributed by atoms with Crippen molar-refractivity contribution in [1.82, 2.24) is 15.0 Å². The molecule has 3 aliphatic heterocycles. The molecule has 10 nitrogen and oxygen atoms in total. The van der Waals surface area contributed by atoms with Crippen LogP contribution in [-0.2, 0) is 39.4 Å². The van der Waals surface area contributed by atoms with Crippen LogP contribution in [0.4, 0.5) is 21.5 Å². The van der Waals surface area contributed by atoms with E-state index in [0.29, 0.717) is 42.2 Å². The van der Waals surface area contributed by atoms with Crippen molar-refractivity contribution >= 4 is 28.9 Å². The van der Waals surface area contributed by atoms with Crippen LogP contribution in [-0.4, -0.2) is 56.9 Å². The summed E-state index contributed by atoms with van der Waals surface area (Å²) in [5, 5.41) is 17.5. The van der Waals surface area contributed by atoms with Gasteiger partial charge in [0.25, 0.3) is 11.8 Å². The van der Waals surface area contributed by atoms with Crippen LogP contribution in [0.15, 0.2) is 79.0 Å². The molecule has 0 bridgehead atoms. The molecule has 47 heavy (non-hydrogen) atoms. The van der Waals surface area contributed by atoms with Crippen LogP contribution in [0.25, 0.3) is 0 Å². The molecule has 1 fully saturated rings. The number of hydrogen-bond donors (Lipinski definition) is 1. The Kier molecular flexibility index (Phi) is 7.84. The van der Waals surface area contributed by atoms with E-state index in [4.69, 9.17) is 9.47 Å². The number of anilines is 3. The predicted molar refractivity (Wildman–Crippen MR) is 173 cm³/mol. The van der Waals surface area contributed by atoms with E-state index < -0.39 is 29.2 Å². The maximum Gasteiger partial charge on any atom is 0.269 e. The highest BCUT2D eigenvalue weighted by Crippen LogP contribution is 2.58. The first-order valence-electron chi connectivity index (χ1n) is 16.0. The summed E-state index contributed by atoms with van der Waals surface area (Å²) in [4.78, 5) is 31.1. The van der Waals surface area contributed by atoms with Crippen molar-refractivity contribution in [2.45, 2.75) is 64.1 Å². The van der Waals surface area contributed by atoms with Gasteiger partial charge < -0.3 is 19.5 Å². The lowest BCUT2D eigenvalue weighted by Crippen LogP contribution is -2.45. The number of halogens is 1. The third kappa shape index (κ3) is 5.27. The van der Waals surface area contributed by atoms with Crippen LogP contribution in [0.2, 0.25) is 0 Å². The zero-order valence-electron chi connectivity index (χ0n) is 26.7. The summed E-state index contributed by atoms with van der Waals surface area (Å²) < 4.78 is 30.2. The predicted octanol–water partition coefficient (Wildman–Crippen LogP) is 5.10. The Labute approximate surface area is 272 Å². The molecule has 0 saturated carbocycles. The number of carbonyl (C=O) groups excluding carboxylic acids is 2. The molecule has 4 aromatic rings. The molecule has 244 valence electrons. The summed E-state index contributed by atoms with van der Waals surface area (Å²) in [6.07, 6.45) is 2.04. The van der Waals surface area contributed by atoms with Crippen molar-refractivity contribution in [2.75, 3.05) is 23.0 Å². The normalized spacial score (nSPS) is 23.7. The smallest absolute Gasteiger partial charge is 0.269 e. The lowest BCUT2D eigenvalue weighted by atomic mass is 9.71. The molecule has 3 aromatic carbocycles. The fraction of sp³-hybridized carbons (Fsp3) is 0.389. The second-order valence-electron chi connectivity index (χ2n) is 13.1. The molecule has 1 spiro atoms. The molecule has 0 unspecified atom stereocenters. The van der Waals surface area contributed by atoms with Crippen LogP contribution in [0.3, 0.4) is 0 Å². The lowest BCUT2D eigenvalue weighted by molar-refractivity contribution is -0.146. The highest BCUT2D eigenvalue weighted by molar-refractivity contribution is 6.08. The SMILES string of the molecule is C[C@H]1[C@H](C(C)(C)F)[C@@H](CCn2cc(CCO)nn2)O[C@]12C(=O)N(Cc1cccc(N3C(=O)COc4ccccc43)c1)c1ccccc12. The molecular weight excluding hydrogens is 601 g/mol. The monoisotopic (exact) mass is 639 g/mol. The van der Waals surface area contributed by atoms with Gasteiger partial charge in [-0.1, -0.05) is 54.6 Å². The number of nitrogens with zero attached hydrogens (tertiary/aromatic N) is 5. The van der Waals surface area contributed by atoms with Crippen LogP contribution in [0.1, 0.15) is 44.0 Å². The fourth-order valence-electron chi connectivity index (χ4n) is 7.73. The number of aliphatic hydroxyl groups excluding tert-OH is 1. The van der Waals surface area contributed by atoms with E-state index in [0.717, 1.165) is 16.8 Å². The van der Waals surface area contributed by atoms with E-state index in [1.165, 1.54) is 0 Å². The molecular formula is C36H38FN5O5. The molecule has 0 radical (unpaired) electrons. The molecule has 1 aromatic heterocycles. The second-order valence-corrected chi connectivity index (χ2v) is 13.1. The van der Waals surface area contributed by atoms with Gasteiger partial charge in [0.1, 0.15) is 11.4 Å². The number of aliphatic hydroxyl groups is 1. The molecule has 0 aliphatic carbocycles. The maximum atomic E-state index is 16.1. The minimum Gasteiger partial charge on any atom is -0.482 e. The first-order chi connectivity index (χ1) is 22.6. The minimum atomic E-state index is -1.63. The molecule has 2 amide bonds. The number of alkyl halides is 1. The number of rotatable bonds is 9. The van der Waals surface area contributed by atoms with E-state index >= 15 is 4.39 Å². The van der Waals surface area contributed by atoms with Gasteiger partial charge in [-0.15, -0.1) is 5.10 Å². The number of aryl methyl sites for hydroxylation is 1. The van der Waals surface area contributed by atoms with Crippen molar-refractivity contribution < 1.29 is 28.6 Å². The summed E-state index contributed by atoms with van der Waals surface area (Å²) >= 11 is 0. The number of aromatic nitrogens is 3. The highest BCUT2D eigenvalue weighted by Gasteiger charge is 2.66. The van der Waals surface area contributed by atoms with Gasteiger partial charge in [0.2, 0.25) is 0 Å². The molecule has 1 N–H and O–H groups in total. The number of amides is 2. The Morgan fingerprint density at radius 1 is 1.04 bits per heavy atom. The quantitative estimate of drug-likeness (QED) is 0.271. The van der Waals surface area contributed by atoms with Gasteiger partial charge in [0, 0.05) is 48.9 Å². The Hall–Kier alpha value is -4.61. The van der Waals surface area contributed by atoms with E-state index in [2.05, 4.69) is 10.3 Å². The molecule has 1 saturated heterocycles. The van der Waals surface area contributed by atoms with Crippen LogP contribution < -0.4 is 14.5 Å². The van der Waals surface area contributed by atoms with Crippen LogP contribution in [0.5, 0.6) is 5.75 Å². The third-order valence-electron chi connectivity index (χ3n) is 9.68. The van der Waals surface area contributed by atoms with Crippen LogP contribution >= 0.6 is 0 Å². The fourth-order valence-corrected chi connectivity index (χ4v) is 7.73. The van der Waals surface area contributed by atoms with Gasteiger partial charge in [-0.2, -0.15) is 0 Å². The van der Waals surface area contributed by atoms with E-state index in [-0.39, 0.29) is 31.6 Å². The number of benzene rings is 3. The summed E-state index contributed by atoms with van der Waals surface area (Å²) in [6.45, 7) is 5.60. The van der Waals surface area contributed by atoms with Crippen molar-refractivity contribution in [2.24, 2.45) is 11.8 Å². The summed E-state index contributed by atoms with van der Waals surface area (Å²) in [5.41, 5.74) is 1.31. The Morgan fingerprint density at radius 2 is 1.81 bits per heavy atom. The molecule has 3 aliphatic rings. The highest BCUT2D eigenvalue weighted by atomic mass is 19.1. The third-order valence-corrected chi connectivity index (χ3v) is 9.68. The number of ether oxygens (including phenoxy) is 2. The first-order valence-corrected chi connectivity index (χ1v) is 16.0. The first kappa shape index (κ1) is 31.0. The van der Waals surface area contributed by atoms with Crippen molar-refractivity contribution in [3.8, 4) is 5.75 Å². The molecule has 4 heterocycles. The number of hydrogen-bond acceptors (Lipinski definition) is 7. The zero-order chi connectivity index (χ0) is 32.9. The molecule has 11 heteroatoms. The number of fused-ring (bicyclic) bond motifs is 3. The minimum absolute atomic E-state index is 0.0236. The largest absolute Gasteiger partial charge is 0.482 e. The van der Waals surface area contributed by atoms with Gasteiger partial charge in [0.05, 0.1) is 29.7 Å². The number of para-hydroxylation sites is 3. The summed E-state index contributed by atoms with van der Waals surface area (Å²) in [6, 6.07) is 22.6. The maximum absolute atomic E-state index is 16.1. The number of carbonyl (C=O) groups is 2. The van der Waals surface area contributed by atoms with Crippen LogP contribution in [0, 0.1) is 11.8 Å². The van der Waals surface area contributed by atoms with Crippen molar-refractivity contribution in [3.63, 3.8) is 0 Å². The average Bonchev–Trinajstić information content (AvgIpc) is 3.70. The molecule has 4 atom stereocenters. The summed E-state index contributed by atoms with van der Waals surface area (Å²) in [7, 11) is 0. The summed E-state index contributed by atoms with van der Waals surface area (Å²) in [5.74, 6) is -0.829. The average molecular weight is 640 g/mol. The second kappa shape index (κ2) is 11.9.